The van der Waals surface area contributed by atoms with Crippen molar-refractivity contribution in [3.8, 4) is 12.3 Å². The third-order valence-electron chi connectivity index (χ3n) is 8.11. The molecule has 26 heavy (non-hydrogen) atoms. The molecular weight excluding hydrogens is 326 g/mol. The van der Waals surface area contributed by atoms with Crippen LogP contribution in [0.5, 0.6) is 0 Å². The fraction of sp³-hybridized carbons (Fsp3) is 0.727. The molecule has 0 aromatic heterocycles. The van der Waals surface area contributed by atoms with E-state index in [4.69, 9.17) is 16.4 Å². The molecule has 3 saturated carbocycles. The lowest BCUT2D eigenvalue weighted by Crippen LogP contribution is -2.53. The van der Waals surface area contributed by atoms with Gasteiger partial charge in [-0.2, -0.15) is 0 Å². The van der Waals surface area contributed by atoms with Gasteiger partial charge in [-0.1, -0.05) is 23.6 Å². The molecule has 0 radical (unpaired) electrons. The molecule has 1 N–H and O–H groups in total. The highest BCUT2D eigenvalue weighted by molar-refractivity contribution is 5.96. The molecule has 4 heteroatoms. The average Bonchev–Trinajstić information content (AvgIpc) is 2.93. The molecule has 4 nitrogen and oxygen atoms in total. The van der Waals surface area contributed by atoms with Crippen molar-refractivity contribution in [3.05, 3.63) is 11.6 Å². The van der Waals surface area contributed by atoms with Gasteiger partial charge in [-0.3, -0.25) is 4.79 Å². The van der Waals surface area contributed by atoms with Gasteiger partial charge in [0.05, 0.1) is 5.71 Å². The Morgan fingerprint density at radius 1 is 1.27 bits per heavy atom. The molecular formula is C22H29NO3. The molecule has 3 fully saturated rings. The zero-order chi connectivity index (χ0) is 18.5. The summed E-state index contributed by atoms with van der Waals surface area (Å²) in [6, 6.07) is 0. The van der Waals surface area contributed by atoms with Gasteiger partial charge in [-0.25, -0.2) is 0 Å². The van der Waals surface area contributed by atoms with E-state index < -0.39 is 5.60 Å². The van der Waals surface area contributed by atoms with Crippen LogP contribution in [0.25, 0.3) is 0 Å². The Bertz CT molecular complexity index is 717. The predicted octanol–water partition coefficient (Wildman–Crippen LogP) is 4.32. The van der Waals surface area contributed by atoms with Gasteiger partial charge in [0.2, 0.25) is 0 Å². The minimum absolute atomic E-state index is 0.109. The lowest BCUT2D eigenvalue weighted by Gasteiger charge is -2.55. The van der Waals surface area contributed by atoms with Crippen LogP contribution in [0.2, 0.25) is 0 Å². The molecule has 1 unspecified atom stereocenters. The quantitative estimate of drug-likeness (QED) is 0.330. The summed E-state index contributed by atoms with van der Waals surface area (Å²) in [5, 5.41) is 12.5. The maximum Gasteiger partial charge on any atom is 0.304 e. The predicted molar refractivity (Wildman–Crippen MR) is 99.6 cm³/mol. The second kappa shape index (κ2) is 6.15. The van der Waals surface area contributed by atoms with E-state index in [2.05, 4.69) is 24.1 Å². The summed E-state index contributed by atoms with van der Waals surface area (Å²) in [4.78, 5) is 11.8. The first kappa shape index (κ1) is 17.6. The Balaban J connectivity index is 1.63. The van der Waals surface area contributed by atoms with E-state index in [9.17, 15) is 4.79 Å². The average molecular weight is 355 g/mol. The molecule has 4 aliphatic carbocycles. The summed E-state index contributed by atoms with van der Waals surface area (Å²) < 4.78 is 5.81. The van der Waals surface area contributed by atoms with Crippen molar-refractivity contribution < 1.29 is 14.7 Å². The van der Waals surface area contributed by atoms with E-state index in [1.54, 1.807) is 0 Å². The fourth-order valence-electron chi connectivity index (χ4n) is 6.95. The molecule has 4 rings (SSSR count). The van der Waals surface area contributed by atoms with Crippen molar-refractivity contribution in [2.45, 2.75) is 70.8 Å². The van der Waals surface area contributed by atoms with Gasteiger partial charge in [-0.05, 0) is 81.1 Å². The van der Waals surface area contributed by atoms with Crippen LogP contribution in [0.4, 0.5) is 0 Å². The number of carbonyl (C=O) groups is 1. The first-order chi connectivity index (χ1) is 12.4. The third-order valence-corrected chi connectivity index (χ3v) is 8.11. The second-order valence-electron chi connectivity index (χ2n) is 8.99. The highest BCUT2D eigenvalue weighted by Crippen LogP contribution is 2.65. The molecule has 4 aliphatic rings. The molecule has 0 aliphatic heterocycles. The van der Waals surface area contributed by atoms with Crippen molar-refractivity contribution >= 4 is 11.7 Å². The SMILES string of the molecule is C#CC1(OC(C)=O)CC[C@H]2[C@@H]3CCC4=C/C(=N\O)CC[C@@H]4[C@H]3CC[C@@]21C. The Kier molecular flexibility index (Phi) is 4.17. The first-order valence-corrected chi connectivity index (χ1v) is 10.0. The van der Waals surface area contributed by atoms with Crippen LogP contribution in [0.15, 0.2) is 16.8 Å². The topological polar surface area (TPSA) is 58.9 Å². The number of nitrogens with zero attached hydrogens (tertiary/aromatic N) is 1. The number of esters is 1. The maximum atomic E-state index is 11.8. The minimum Gasteiger partial charge on any atom is -0.445 e. The molecule has 0 aromatic carbocycles. The molecule has 0 aromatic rings. The van der Waals surface area contributed by atoms with Gasteiger partial charge in [0, 0.05) is 12.3 Å². The number of carbonyl (C=O) groups excluding carboxylic acids is 1. The molecule has 0 amide bonds. The second-order valence-corrected chi connectivity index (χ2v) is 8.99. The van der Waals surface area contributed by atoms with Crippen molar-refractivity contribution in [3.63, 3.8) is 0 Å². The summed E-state index contributed by atoms with van der Waals surface area (Å²) >= 11 is 0. The largest absolute Gasteiger partial charge is 0.445 e. The zero-order valence-corrected chi connectivity index (χ0v) is 15.8. The van der Waals surface area contributed by atoms with Gasteiger partial charge in [0.25, 0.3) is 0 Å². The fourth-order valence-corrected chi connectivity index (χ4v) is 6.95. The summed E-state index contributed by atoms with van der Waals surface area (Å²) in [5.74, 6) is 5.17. The van der Waals surface area contributed by atoms with Crippen molar-refractivity contribution in [2.24, 2.45) is 34.2 Å². The molecule has 0 heterocycles. The van der Waals surface area contributed by atoms with E-state index in [0.29, 0.717) is 23.7 Å². The lowest BCUT2D eigenvalue weighted by atomic mass is 9.50. The smallest absolute Gasteiger partial charge is 0.304 e. The standard InChI is InChI=1S/C22H29NO3/c1-4-22(26-14(2)24)12-10-20-19-7-5-15-13-16(23-25)6-8-17(15)18(19)9-11-21(20,22)3/h1,13,17-20,25H,5-12H2,2-3H3/b23-16-/t17-,18+,19+,20-,21-,22?/m0/s1. The van der Waals surface area contributed by atoms with Crippen LogP contribution >= 0.6 is 0 Å². The highest BCUT2D eigenvalue weighted by Gasteiger charge is 2.64. The van der Waals surface area contributed by atoms with Crippen LogP contribution in [0.1, 0.15) is 65.2 Å². The Morgan fingerprint density at radius 2 is 2.08 bits per heavy atom. The summed E-state index contributed by atoms with van der Waals surface area (Å²) in [6.07, 6.45) is 16.3. The molecule has 0 bridgehead atoms. The molecule has 0 spiro atoms. The van der Waals surface area contributed by atoms with Crippen molar-refractivity contribution in [1.29, 1.82) is 0 Å². The monoisotopic (exact) mass is 355 g/mol. The molecule has 140 valence electrons. The first-order valence-electron chi connectivity index (χ1n) is 10.0. The number of oxime groups is 1. The number of rotatable bonds is 1. The van der Waals surface area contributed by atoms with Crippen LogP contribution < -0.4 is 0 Å². The summed E-state index contributed by atoms with van der Waals surface area (Å²) in [5.41, 5.74) is 1.48. The van der Waals surface area contributed by atoms with E-state index in [1.807, 2.05) is 0 Å². The molecule has 6 atom stereocenters. The van der Waals surface area contributed by atoms with Gasteiger partial charge in [0.1, 0.15) is 0 Å². The number of terminal acetylenes is 1. The summed E-state index contributed by atoms with van der Waals surface area (Å²) in [6.45, 7) is 3.74. The van der Waals surface area contributed by atoms with Crippen molar-refractivity contribution in [2.75, 3.05) is 0 Å². The highest BCUT2D eigenvalue weighted by atomic mass is 16.6. The van der Waals surface area contributed by atoms with Gasteiger partial charge >= 0.3 is 5.97 Å². The van der Waals surface area contributed by atoms with E-state index >= 15 is 0 Å². The maximum absolute atomic E-state index is 11.8. The number of ether oxygens (including phenoxy) is 1. The Morgan fingerprint density at radius 3 is 2.77 bits per heavy atom. The molecule has 0 saturated heterocycles. The number of allylic oxidation sites excluding steroid dienone is 2. The number of hydrogen-bond donors (Lipinski definition) is 1. The van der Waals surface area contributed by atoms with Crippen LogP contribution in [0.3, 0.4) is 0 Å². The van der Waals surface area contributed by atoms with Crippen LogP contribution in [0, 0.1) is 41.4 Å². The third kappa shape index (κ3) is 2.36. The van der Waals surface area contributed by atoms with Gasteiger partial charge in [-0.15, -0.1) is 6.42 Å². The van der Waals surface area contributed by atoms with E-state index in [-0.39, 0.29) is 11.4 Å². The number of fused-ring (bicyclic) bond motifs is 5. The lowest BCUT2D eigenvalue weighted by molar-refractivity contribution is -0.167. The normalized spacial score (nSPS) is 45.7. The Labute approximate surface area is 156 Å². The van der Waals surface area contributed by atoms with Crippen LogP contribution in [-0.2, 0) is 9.53 Å². The zero-order valence-electron chi connectivity index (χ0n) is 15.8. The summed E-state index contributed by atoms with van der Waals surface area (Å²) in [7, 11) is 0. The Hall–Kier alpha value is -1.76. The van der Waals surface area contributed by atoms with E-state index in [0.717, 1.165) is 50.7 Å². The van der Waals surface area contributed by atoms with E-state index in [1.165, 1.54) is 18.9 Å². The van der Waals surface area contributed by atoms with Gasteiger partial charge in [0.15, 0.2) is 5.60 Å². The number of hydrogen-bond acceptors (Lipinski definition) is 4. The van der Waals surface area contributed by atoms with Crippen LogP contribution in [-0.4, -0.2) is 22.5 Å². The van der Waals surface area contributed by atoms with Crippen molar-refractivity contribution in [1.82, 2.24) is 0 Å². The van der Waals surface area contributed by atoms with Gasteiger partial charge < -0.3 is 9.94 Å². The minimum atomic E-state index is -0.728.